The highest BCUT2D eigenvalue weighted by Crippen LogP contribution is 2.28. The highest BCUT2D eigenvalue weighted by atomic mass is 32.2. The van der Waals surface area contributed by atoms with Gasteiger partial charge in [0.1, 0.15) is 17.2 Å². The van der Waals surface area contributed by atoms with E-state index in [-0.39, 0.29) is 16.2 Å². The van der Waals surface area contributed by atoms with Crippen LogP contribution in [0.25, 0.3) is 0 Å². The van der Waals surface area contributed by atoms with Crippen molar-refractivity contribution >= 4 is 16.0 Å². The highest BCUT2D eigenvalue weighted by molar-refractivity contribution is 7.89. The molecule has 0 aliphatic heterocycles. The fraction of sp³-hybridized carbons (Fsp3) is 0.235. The van der Waals surface area contributed by atoms with Crippen LogP contribution in [-0.4, -0.2) is 47.0 Å². The van der Waals surface area contributed by atoms with Gasteiger partial charge in [-0.15, -0.1) is 0 Å². The molecule has 0 aliphatic carbocycles. The van der Waals surface area contributed by atoms with Crippen LogP contribution in [0.2, 0.25) is 0 Å². The Bertz CT molecular complexity index is 854. The number of carbonyl (C=O) groups is 1. The van der Waals surface area contributed by atoms with E-state index in [1.54, 1.807) is 6.07 Å². The molecule has 0 unspecified atom stereocenters. The number of hydrogen-bond acceptors (Lipinski definition) is 6. The molecule has 0 aliphatic rings. The van der Waals surface area contributed by atoms with Crippen LogP contribution in [0.1, 0.15) is 10.4 Å². The van der Waals surface area contributed by atoms with E-state index in [4.69, 9.17) is 14.2 Å². The molecule has 0 saturated heterocycles. The Labute approximate surface area is 146 Å². The molecule has 0 N–H and O–H groups in total. The third-order valence-corrected chi connectivity index (χ3v) is 5.19. The molecule has 25 heavy (non-hydrogen) atoms. The molecule has 2 aromatic rings. The molecule has 7 nitrogen and oxygen atoms in total. The fourth-order valence-electron chi connectivity index (χ4n) is 2.00. The van der Waals surface area contributed by atoms with E-state index in [0.29, 0.717) is 11.5 Å². The summed E-state index contributed by atoms with van der Waals surface area (Å²) in [5.74, 6) is 0.463. The summed E-state index contributed by atoms with van der Waals surface area (Å²) in [4.78, 5) is 12.4. The average molecular weight is 365 g/mol. The summed E-state index contributed by atoms with van der Waals surface area (Å²) in [7, 11) is 2.16. The van der Waals surface area contributed by atoms with Crippen molar-refractivity contribution in [2.75, 3.05) is 28.3 Å². The van der Waals surface area contributed by atoms with Crippen LogP contribution < -0.4 is 14.2 Å². The van der Waals surface area contributed by atoms with Crippen LogP contribution >= 0.6 is 0 Å². The Morgan fingerprint density at radius 1 is 0.920 bits per heavy atom. The largest absolute Gasteiger partial charge is 0.496 e. The third kappa shape index (κ3) is 4.28. The predicted molar refractivity (Wildman–Crippen MR) is 91.8 cm³/mol. The topological polar surface area (TPSA) is 82.1 Å². The van der Waals surface area contributed by atoms with E-state index in [0.717, 1.165) is 4.31 Å². The molecule has 2 aromatic carbocycles. The van der Waals surface area contributed by atoms with Gasteiger partial charge in [0.2, 0.25) is 10.0 Å². The second kappa shape index (κ2) is 7.54. The maximum absolute atomic E-state index is 12.4. The van der Waals surface area contributed by atoms with Crippen molar-refractivity contribution in [1.29, 1.82) is 0 Å². The van der Waals surface area contributed by atoms with Gasteiger partial charge in [0.05, 0.1) is 24.7 Å². The number of ether oxygens (including phenoxy) is 3. The van der Waals surface area contributed by atoms with Crippen LogP contribution in [0, 0.1) is 0 Å². The monoisotopic (exact) mass is 365 g/mol. The molecule has 0 spiro atoms. The van der Waals surface area contributed by atoms with Crippen molar-refractivity contribution in [3.8, 4) is 17.2 Å². The quantitative estimate of drug-likeness (QED) is 0.576. The number of carbonyl (C=O) groups excluding carboxylic acids is 1. The third-order valence-electron chi connectivity index (χ3n) is 3.38. The predicted octanol–water partition coefficient (Wildman–Crippen LogP) is 2.17. The Hall–Kier alpha value is -2.58. The second-order valence-corrected chi connectivity index (χ2v) is 7.40. The zero-order valence-electron chi connectivity index (χ0n) is 14.3. The van der Waals surface area contributed by atoms with Crippen molar-refractivity contribution in [2.45, 2.75) is 4.90 Å². The first-order valence-corrected chi connectivity index (χ1v) is 8.70. The summed E-state index contributed by atoms with van der Waals surface area (Å²) in [5.41, 5.74) is 0.115. The minimum atomic E-state index is -3.64. The first-order valence-electron chi connectivity index (χ1n) is 7.25. The number of hydrogen-bond donors (Lipinski definition) is 0. The molecule has 8 heteroatoms. The summed E-state index contributed by atoms with van der Waals surface area (Å²) in [6.07, 6.45) is 0. The lowest BCUT2D eigenvalue weighted by molar-refractivity contribution is 0.0734. The summed E-state index contributed by atoms with van der Waals surface area (Å²) in [6, 6.07) is 10.4. The van der Waals surface area contributed by atoms with Crippen molar-refractivity contribution in [2.24, 2.45) is 0 Å². The molecule has 2 rings (SSSR count). The molecule has 0 bridgehead atoms. The molecule has 0 saturated carbocycles. The summed E-state index contributed by atoms with van der Waals surface area (Å²) >= 11 is 0. The van der Waals surface area contributed by atoms with Crippen LogP contribution in [0.5, 0.6) is 17.2 Å². The van der Waals surface area contributed by atoms with Crippen molar-refractivity contribution in [3.63, 3.8) is 0 Å². The molecule has 0 radical (unpaired) electrons. The average Bonchev–Trinajstić information content (AvgIpc) is 2.61. The minimum Gasteiger partial charge on any atom is -0.496 e. The smallest absolute Gasteiger partial charge is 0.343 e. The summed E-state index contributed by atoms with van der Waals surface area (Å²) < 4.78 is 41.0. The number of esters is 1. The van der Waals surface area contributed by atoms with E-state index in [2.05, 4.69) is 0 Å². The van der Waals surface area contributed by atoms with Gasteiger partial charge in [-0.3, -0.25) is 0 Å². The van der Waals surface area contributed by atoms with Crippen molar-refractivity contribution in [3.05, 3.63) is 48.0 Å². The van der Waals surface area contributed by atoms with Gasteiger partial charge in [-0.05, 0) is 18.2 Å². The maximum Gasteiger partial charge on any atom is 0.343 e. The normalized spacial score (nSPS) is 11.2. The van der Waals surface area contributed by atoms with Crippen LogP contribution in [0.4, 0.5) is 0 Å². The molecular formula is C17H19NO6S. The zero-order valence-corrected chi connectivity index (χ0v) is 15.2. The molecule has 0 amide bonds. The SMILES string of the molecule is COc1cc(OC)cc(OC(=O)c2cccc(S(=O)(=O)N(C)C)c2)c1. The molecule has 0 heterocycles. The lowest BCUT2D eigenvalue weighted by Gasteiger charge is -2.12. The maximum atomic E-state index is 12.4. The van der Waals surface area contributed by atoms with Gasteiger partial charge in [0.15, 0.2) is 0 Å². The molecule has 0 atom stereocenters. The van der Waals surface area contributed by atoms with Gasteiger partial charge >= 0.3 is 5.97 Å². The van der Waals surface area contributed by atoms with Crippen LogP contribution in [-0.2, 0) is 10.0 Å². The highest BCUT2D eigenvalue weighted by Gasteiger charge is 2.19. The number of rotatable bonds is 6. The molecule has 0 fully saturated rings. The zero-order chi connectivity index (χ0) is 18.6. The van der Waals surface area contributed by atoms with Crippen molar-refractivity contribution in [1.82, 2.24) is 4.31 Å². The van der Waals surface area contributed by atoms with Gasteiger partial charge in [-0.2, -0.15) is 0 Å². The van der Waals surface area contributed by atoms with Gasteiger partial charge in [-0.1, -0.05) is 6.07 Å². The Balaban J connectivity index is 2.31. The lowest BCUT2D eigenvalue weighted by atomic mass is 10.2. The van der Waals surface area contributed by atoms with E-state index in [9.17, 15) is 13.2 Å². The number of nitrogens with zero attached hydrogens (tertiary/aromatic N) is 1. The second-order valence-electron chi connectivity index (χ2n) is 5.25. The first-order chi connectivity index (χ1) is 11.8. The Morgan fingerprint density at radius 3 is 2.00 bits per heavy atom. The van der Waals surface area contributed by atoms with Gasteiger partial charge in [-0.25, -0.2) is 17.5 Å². The lowest BCUT2D eigenvalue weighted by Crippen LogP contribution is -2.22. The van der Waals surface area contributed by atoms with Gasteiger partial charge < -0.3 is 14.2 Å². The fourth-order valence-corrected chi connectivity index (χ4v) is 2.95. The molecular weight excluding hydrogens is 346 g/mol. The standard InChI is InChI=1S/C17H19NO6S/c1-18(2)25(20,21)16-7-5-6-12(8-16)17(19)24-15-10-13(22-3)9-14(11-15)23-4/h5-11H,1-4H3. The molecule has 134 valence electrons. The van der Waals surface area contributed by atoms with E-state index >= 15 is 0 Å². The Kier molecular flexibility index (Phi) is 5.66. The van der Waals surface area contributed by atoms with Crippen molar-refractivity contribution < 1.29 is 27.4 Å². The first kappa shape index (κ1) is 18.8. The van der Waals surface area contributed by atoms with Gasteiger partial charge in [0, 0.05) is 32.3 Å². The molecule has 0 aromatic heterocycles. The van der Waals surface area contributed by atoms with Crippen LogP contribution in [0.15, 0.2) is 47.4 Å². The minimum absolute atomic E-state index is 0.00942. The number of benzene rings is 2. The number of methoxy groups -OCH3 is 2. The summed E-state index contributed by atoms with van der Waals surface area (Å²) in [5, 5.41) is 0. The van der Waals surface area contributed by atoms with E-state index in [1.807, 2.05) is 0 Å². The van der Waals surface area contributed by atoms with Gasteiger partial charge in [0.25, 0.3) is 0 Å². The van der Waals surface area contributed by atoms with Crippen LogP contribution in [0.3, 0.4) is 0 Å². The van der Waals surface area contributed by atoms with E-state index < -0.39 is 16.0 Å². The Morgan fingerprint density at radius 2 is 1.48 bits per heavy atom. The number of sulfonamides is 1. The van der Waals surface area contributed by atoms with E-state index in [1.165, 1.54) is 64.7 Å². The summed E-state index contributed by atoms with van der Waals surface area (Å²) in [6.45, 7) is 0.